The minimum absolute atomic E-state index is 0.360. The Hall–Kier alpha value is -1.76. The first-order valence-corrected chi connectivity index (χ1v) is 6.35. The summed E-state index contributed by atoms with van der Waals surface area (Å²) in [7, 11) is 0. The zero-order valence-electron chi connectivity index (χ0n) is 11.4. The smallest absolute Gasteiger partial charge is 0.123 e. The van der Waals surface area contributed by atoms with E-state index >= 15 is 0 Å². The number of hydrogen-bond donors (Lipinski definition) is 0. The standard InChI is InChI=1S/C17H20O/c1-5-6-7-15-13(3)11-18-17-9-8-12(2)10-16(17)14(15)4/h5-10,14H,1,11H2,2-4H3/b7-6-. The van der Waals surface area contributed by atoms with Crippen LogP contribution in [0, 0.1) is 6.92 Å². The number of rotatable bonds is 2. The SMILES string of the molecule is C=C/C=C\C1=C(C)COc2ccc(C)cc2C1C. The largest absolute Gasteiger partial charge is 0.489 e. The van der Waals surface area contributed by atoms with Crippen LogP contribution in [-0.2, 0) is 0 Å². The molecule has 94 valence electrons. The summed E-state index contributed by atoms with van der Waals surface area (Å²) in [6.07, 6.45) is 5.96. The van der Waals surface area contributed by atoms with Crippen molar-refractivity contribution in [2.24, 2.45) is 0 Å². The second-order valence-corrected chi connectivity index (χ2v) is 4.88. The van der Waals surface area contributed by atoms with Crippen LogP contribution in [0.4, 0.5) is 0 Å². The summed E-state index contributed by atoms with van der Waals surface area (Å²) in [5.74, 6) is 1.37. The second-order valence-electron chi connectivity index (χ2n) is 4.88. The summed E-state index contributed by atoms with van der Waals surface area (Å²) >= 11 is 0. The van der Waals surface area contributed by atoms with Crippen LogP contribution >= 0.6 is 0 Å². The van der Waals surface area contributed by atoms with Gasteiger partial charge >= 0.3 is 0 Å². The fourth-order valence-electron chi connectivity index (χ4n) is 2.40. The highest BCUT2D eigenvalue weighted by Crippen LogP contribution is 2.37. The van der Waals surface area contributed by atoms with Gasteiger partial charge in [-0.1, -0.05) is 49.4 Å². The van der Waals surface area contributed by atoms with Crippen LogP contribution in [0.3, 0.4) is 0 Å². The molecular weight excluding hydrogens is 220 g/mol. The van der Waals surface area contributed by atoms with E-state index in [0.717, 1.165) is 5.75 Å². The molecule has 1 aliphatic heterocycles. The van der Waals surface area contributed by atoms with Gasteiger partial charge in [-0.25, -0.2) is 0 Å². The molecule has 0 aliphatic carbocycles. The number of aryl methyl sites for hydroxylation is 1. The van der Waals surface area contributed by atoms with E-state index in [2.05, 4.69) is 51.6 Å². The quantitative estimate of drug-likeness (QED) is 0.689. The topological polar surface area (TPSA) is 9.23 Å². The minimum atomic E-state index is 0.360. The highest BCUT2D eigenvalue weighted by Gasteiger charge is 2.20. The van der Waals surface area contributed by atoms with E-state index in [1.807, 2.05) is 12.2 Å². The number of allylic oxidation sites excluding steroid dienone is 4. The van der Waals surface area contributed by atoms with Crippen LogP contribution in [0.25, 0.3) is 0 Å². The number of fused-ring (bicyclic) bond motifs is 1. The maximum Gasteiger partial charge on any atom is 0.123 e. The zero-order valence-corrected chi connectivity index (χ0v) is 11.4. The van der Waals surface area contributed by atoms with Gasteiger partial charge in [-0.05, 0) is 31.1 Å². The Kier molecular flexibility index (Phi) is 3.71. The molecule has 18 heavy (non-hydrogen) atoms. The van der Waals surface area contributed by atoms with Crippen molar-refractivity contribution in [3.8, 4) is 5.75 Å². The normalized spacial score (nSPS) is 19.4. The Labute approximate surface area is 109 Å². The molecule has 0 saturated carbocycles. The molecule has 0 spiro atoms. The predicted octanol–water partition coefficient (Wildman–Crippen LogP) is 4.55. The molecule has 1 heteroatoms. The fraction of sp³-hybridized carbons (Fsp3) is 0.294. The minimum Gasteiger partial charge on any atom is -0.489 e. The molecule has 1 heterocycles. The van der Waals surface area contributed by atoms with Gasteiger partial charge < -0.3 is 4.74 Å². The van der Waals surface area contributed by atoms with Gasteiger partial charge in [-0.3, -0.25) is 0 Å². The van der Waals surface area contributed by atoms with Crippen LogP contribution < -0.4 is 4.74 Å². The van der Waals surface area contributed by atoms with Crippen molar-refractivity contribution in [2.45, 2.75) is 26.7 Å². The second kappa shape index (κ2) is 5.26. The Balaban J connectivity index is 2.49. The first-order chi connectivity index (χ1) is 8.63. The summed E-state index contributed by atoms with van der Waals surface area (Å²) in [5, 5.41) is 0. The summed E-state index contributed by atoms with van der Waals surface area (Å²) in [6.45, 7) is 10.9. The summed E-state index contributed by atoms with van der Waals surface area (Å²) in [6, 6.07) is 6.40. The van der Waals surface area contributed by atoms with Gasteiger partial charge in [0.2, 0.25) is 0 Å². The Morgan fingerprint density at radius 3 is 2.83 bits per heavy atom. The van der Waals surface area contributed by atoms with Gasteiger partial charge in [-0.2, -0.15) is 0 Å². The van der Waals surface area contributed by atoms with Crippen LogP contribution in [0.15, 0.2) is 54.2 Å². The van der Waals surface area contributed by atoms with Crippen molar-refractivity contribution >= 4 is 0 Å². The third-order valence-corrected chi connectivity index (χ3v) is 3.45. The van der Waals surface area contributed by atoms with Crippen LogP contribution in [0.5, 0.6) is 5.75 Å². The summed E-state index contributed by atoms with van der Waals surface area (Å²) in [5.41, 5.74) is 5.17. The van der Waals surface area contributed by atoms with Crippen molar-refractivity contribution in [3.63, 3.8) is 0 Å². The first-order valence-electron chi connectivity index (χ1n) is 6.35. The van der Waals surface area contributed by atoms with Crippen LogP contribution in [0.1, 0.15) is 30.9 Å². The fourth-order valence-corrected chi connectivity index (χ4v) is 2.40. The summed E-state index contributed by atoms with van der Waals surface area (Å²) < 4.78 is 5.88. The maximum absolute atomic E-state index is 5.88. The molecule has 1 aliphatic rings. The van der Waals surface area contributed by atoms with Crippen molar-refractivity contribution in [3.05, 3.63) is 65.3 Å². The number of benzene rings is 1. The maximum atomic E-state index is 5.88. The monoisotopic (exact) mass is 240 g/mol. The van der Waals surface area contributed by atoms with E-state index in [1.165, 1.54) is 22.3 Å². The zero-order chi connectivity index (χ0) is 13.1. The molecule has 1 atom stereocenters. The third kappa shape index (κ3) is 2.40. The van der Waals surface area contributed by atoms with Gasteiger partial charge in [0.25, 0.3) is 0 Å². The highest BCUT2D eigenvalue weighted by atomic mass is 16.5. The molecule has 0 saturated heterocycles. The lowest BCUT2D eigenvalue weighted by Crippen LogP contribution is -1.98. The molecule has 2 rings (SSSR count). The van der Waals surface area contributed by atoms with Crippen LogP contribution in [-0.4, -0.2) is 6.61 Å². The van der Waals surface area contributed by atoms with Crippen molar-refractivity contribution < 1.29 is 4.74 Å². The van der Waals surface area contributed by atoms with Crippen molar-refractivity contribution in [2.75, 3.05) is 6.61 Å². The molecule has 1 aromatic carbocycles. The lowest BCUT2D eigenvalue weighted by molar-refractivity contribution is 0.352. The summed E-state index contributed by atoms with van der Waals surface area (Å²) in [4.78, 5) is 0. The molecule has 1 aromatic rings. The number of hydrogen-bond acceptors (Lipinski definition) is 1. The van der Waals surface area contributed by atoms with Gasteiger partial charge in [0.05, 0.1) is 0 Å². The van der Waals surface area contributed by atoms with E-state index in [-0.39, 0.29) is 0 Å². The average molecular weight is 240 g/mol. The van der Waals surface area contributed by atoms with Crippen LogP contribution in [0.2, 0.25) is 0 Å². The molecular formula is C17H20O. The van der Waals surface area contributed by atoms with Gasteiger partial charge in [-0.15, -0.1) is 0 Å². The van der Waals surface area contributed by atoms with E-state index in [1.54, 1.807) is 0 Å². The van der Waals surface area contributed by atoms with Crippen molar-refractivity contribution in [1.82, 2.24) is 0 Å². The van der Waals surface area contributed by atoms with Gasteiger partial charge in [0.15, 0.2) is 0 Å². The van der Waals surface area contributed by atoms with E-state index < -0.39 is 0 Å². The average Bonchev–Trinajstić information content (AvgIpc) is 2.47. The molecule has 1 nitrogen and oxygen atoms in total. The molecule has 0 aromatic heterocycles. The Bertz CT molecular complexity index is 520. The number of ether oxygens (including phenoxy) is 1. The third-order valence-electron chi connectivity index (χ3n) is 3.45. The van der Waals surface area contributed by atoms with Gasteiger partial charge in [0.1, 0.15) is 12.4 Å². The van der Waals surface area contributed by atoms with E-state index in [4.69, 9.17) is 4.74 Å². The Morgan fingerprint density at radius 1 is 1.33 bits per heavy atom. The van der Waals surface area contributed by atoms with E-state index in [9.17, 15) is 0 Å². The molecule has 0 radical (unpaired) electrons. The first kappa shape index (κ1) is 12.7. The Morgan fingerprint density at radius 2 is 2.11 bits per heavy atom. The van der Waals surface area contributed by atoms with E-state index in [0.29, 0.717) is 12.5 Å². The van der Waals surface area contributed by atoms with Crippen molar-refractivity contribution in [1.29, 1.82) is 0 Å². The molecule has 0 fully saturated rings. The molecule has 0 amide bonds. The lowest BCUT2D eigenvalue weighted by Gasteiger charge is -2.15. The van der Waals surface area contributed by atoms with Gasteiger partial charge in [0, 0.05) is 11.5 Å². The predicted molar refractivity (Wildman–Crippen MR) is 77.1 cm³/mol. The highest BCUT2D eigenvalue weighted by molar-refractivity contribution is 5.48. The molecule has 1 unspecified atom stereocenters. The lowest BCUT2D eigenvalue weighted by atomic mass is 9.89. The molecule has 0 bridgehead atoms. The molecule has 0 N–H and O–H groups in total.